The first-order valence-electron chi connectivity index (χ1n) is 8.82. The number of amides is 1. The quantitative estimate of drug-likeness (QED) is 0.704. The number of nitrogens with one attached hydrogen (secondary N) is 1. The number of hydrogen-bond donors (Lipinski definition) is 2. The minimum Gasteiger partial charge on any atom is -0.376 e. The van der Waals surface area contributed by atoms with Crippen LogP contribution in [0.4, 0.5) is 0 Å². The molecule has 0 aromatic carbocycles. The maximum atomic E-state index is 12.1. The molecule has 2 fully saturated rings. The topological polar surface area (TPSA) is 64.4 Å². The molecule has 3 N–H and O–H groups in total. The molecule has 0 unspecified atom stereocenters. The van der Waals surface area contributed by atoms with Gasteiger partial charge in [0.15, 0.2) is 0 Å². The number of carbonyl (C=O) groups excluding carboxylic acids is 1. The summed E-state index contributed by atoms with van der Waals surface area (Å²) in [6.45, 7) is 1.92. The van der Waals surface area contributed by atoms with Gasteiger partial charge in [0.1, 0.15) is 0 Å². The van der Waals surface area contributed by atoms with Crippen molar-refractivity contribution in [2.24, 2.45) is 11.1 Å². The Kier molecular flexibility index (Phi) is 9.37. The van der Waals surface area contributed by atoms with Gasteiger partial charge in [-0.05, 0) is 37.6 Å². The predicted octanol–water partition coefficient (Wildman–Crippen LogP) is 3.17. The lowest BCUT2D eigenvalue weighted by Crippen LogP contribution is -2.39. The molecule has 2 aliphatic carbocycles. The van der Waals surface area contributed by atoms with Crippen molar-refractivity contribution in [3.05, 3.63) is 0 Å². The molecule has 22 heavy (non-hydrogen) atoms. The van der Waals surface area contributed by atoms with Gasteiger partial charge in [0.05, 0.1) is 12.7 Å². The minimum atomic E-state index is 0. The molecule has 0 radical (unpaired) electrons. The third-order valence-electron chi connectivity index (χ3n) is 5.21. The van der Waals surface area contributed by atoms with E-state index in [9.17, 15) is 4.79 Å². The first-order chi connectivity index (χ1) is 10.2. The molecule has 5 heteroatoms. The summed E-state index contributed by atoms with van der Waals surface area (Å²) in [4.78, 5) is 12.1. The van der Waals surface area contributed by atoms with E-state index in [4.69, 9.17) is 10.5 Å². The summed E-state index contributed by atoms with van der Waals surface area (Å²) in [5, 5.41) is 3.01. The lowest BCUT2D eigenvalue weighted by molar-refractivity contribution is -0.124. The van der Waals surface area contributed by atoms with Crippen LogP contribution in [-0.4, -0.2) is 31.7 Å². The lowest BCUT2D eigenvalue weighted by atomic mass is 9.72. The largest absolute Gasteiger partial charge is 0.376 e. The second-order valence-corrected chi connectivity index (χ2v) is 6.92. The van der Waals surface area contributed by atoms with Gasteiger partial charge in [-0.2, -0.15) is 0 Å². The van der Waals surface area contributed by atoms with Crippen LogP contribution in [0, 0.1) is 5.41 Å². The minimum absolute atomic E-state index is 0. The smallest absolute Gasteiger partial charge is 0.220 e. The second-order valence-electron chi connectivity index (χ2n) is 6.92. The number of carbonyl (C=O) groups is 1. The molecule has 0 aliphatic heterocycles. The van der Waals surface area contributed by atoms with Gasteiger partial charge in [0, 0.05) is 13.0 Å². The fourth-order valence-corrected chi connectivity index (χ4v) is 3.81. The van der Waals surface area contributed by atoms with E-state index in [1.54, 1.807) is 0 Å². The van der Waals surface area contributed by atoms with E-state index < -0.39 is 0 Å². The Hall–Kier alpha value is -0.320. The molecule has 0 heterocycles. The highest BCUT2D eigenvalue weighted by Crippen LogP contribution is 2.38. The lowest BCUT2D eigenvalue weighted by Gasteiger charge is -2.35. The Bertz CT molecular complexity index is 314. The maximum absolute atomic E-state index is 12.1. The van der Waals surface area contributed by atoms with Crippen molar-refractivity contribution >= 4 is 18.3 Å². The summed E-state index contributed by atoms with van der Waals surface area (Å²) in [6.07, 6.45) is 13.2. The first-order valence-corrected chi connectivity index (χ1v) is 8.82. The number of halogens is 1. The number of hydrogen-bond acceptors (Lipinski definition) is 3. The van der Waals surface area contributed by atoms with Crippen LogP contribution in [0.1, 0.15) is 70.6 Å². The van der Waals surface area contributed by atoms with Crippen LogP contribution in [-0.2, 0) is 9.53 Å². The van der Waals surface area contributed by atoms with E-state index in [0.29, 0.717) is 32.2 Å². The highest BCUT2D eigenvalue weighted by atomic mass is 35.5. The standard InChI is InChI=1S/C17H32N2O2.ClH/c18-14-17(9-5-2-6-10-17)13-16(20)19-11-12-21-15-7-3-1-4-8-15;/h15H,1-14,18H2,(H,19,20);1H. The van der Waals surface area contributed by atoms with Gasteiger partial charge in [0.25, 0.3) is 0 Å². The predicted molar refractivity (Wildman–Crippen MR) is 92.3 cm³/mol. The highest BCUT2D eigenvalue weighted by Gasteiger charge is 2.32. The molecule has 0 spiro atoms. The summed E-state index contributed by atoms with van der Waals surface area (Å²) in [5.74, 6) is 0.148. The van der Waals surface area contributed by atoms with Crippen molar-refractivity contribution < 1.29 is 9.53 Å². The van der Waals surface area contributed by atoms with Crippen LogP contribution in [0.15, 0.2) is 0 Å². The fourth-order valence-electron chi connectivity index (χ4n) is 3.81. The normalized spacial score (nSPS) is 21.9. The second kappa shape index (κ2) is 10.5. The van der Waals surface area contributed by atoms with E-state index in [1.165, 1.54) is 51.4 Å². The van der Waals surface area contributed by atoms with Gasteiger partial charge in [-0.1, -0.05) is 38.5 Å². The molecular weight excluding hydrogens is 300 g/mol. The first kappa shape index (κ1) is 19.7. The molecule has 0 aromatic rings. The summed E-state index contributed by atoms with van der Waals surface area (Å²) in [7, 11) is 0. The van der Waals surface area contributed by atoms with E-state index in [0.717, 1.165) is 12.8 Å². The van der Waals surface area contributed by atoms with Crippen LogP contribution in [0.5, 0.6) is 0 Å². The molecule has 0 aromatic heterocycles. The van der Waals surface area contributed by atoms with Crippen molar-refractivity contribution in [1.29, 1.82) is 0 Å². The third-order valence-corrected chi connectivity index (χ3v) is 5.21. The molecule has 130 valence electrons. The van der Waals surface area contributed by atoms with Crippen LogP contribution in [0.2, 0.25) is 0 Å². The molecule has 4 nitrogen and oxygen atoms in total. The number of nitrogens with two attached hydrogens (primary N) is 1. The van der Waals surface area contributed by atoms with Crippen molar-refractivity contribution in [3.63, 3.8) is 0 Å². The average molecular weight is 333 g/mol. The Labute approximate surface area is 141 Å². The van der Waals surface area contributed by atoms with Crippen LogP contribution in [0.25, 0.3) is 0 Å². The summed E-state index contributed by atoms with van der Waals surface area (Å²) >= 11 is 0. The zero-order valence-electron chi connectivity index (χ0n) is 13.8. The van der Waals surface area contributed by atoms with Crippen molar-refractivity contribution in [2.75, 3.05) is 19.7 Å². The molecular formula is C17H33ClN2O2. The molecule has 2 aliphatic rings. The molecule has 0 saturated heterocycles. The van der Waals surface area contributed by atoms with E-state index in [2.05, 4.69) is 5.32 Å². The molecule has 0 bridgehead atoms. The van der Waals surface area contributed by atoms with Crippen molar-refractivity contribution in [2.45, 2.75) is 76.7 Å². The third kappa shape index (κ3) is 6.43. The van der Waals surface area contributed by atoms with Crippen LogP contribution >= 0.6 is 12.4 Å². The molecule has 2 rings (SSSR count). The van der Waals surface area contributed by atoms with Gasteiger partial charge in [-0.15, -0.1) is 12.4 Å². The zero-order chi connectivity index (χ0) is 15.0. The van der Waals surface area contributed by atoms with Crippen molar-refractivity contribution in [3.8, 4) is 0 Å². The maximum Gasteiger partial charge on any atom is 0.220 e. The molecule has 2 saturated carbocycles. The van der Waals surface area contributed by atoms with Crippen LogP contribution < -0.4 is 11.1 Å². The zero-order valence-corrected chi connectivity index (χ0v) is 14.6. The SMILES string of the molecule is Cl.NCC1(CC(=O)NCCOC2CCCCC2)CCCCC1. The monoisotopic (exact) mass is 332 g/mol. The van der Waals surface area contributed by atoms with Crippen LogP contribution in [0.3, 0.4) is 0 Å². The Morgan fingerprint density at radius 3 is 2.36 bits per heavy atom. The fraction of sp³-hybridized carbons (Fsp3) is 0.941. The summed E-state index contributed by atoms with van der Waals surface area (Å²) in [6, 6.07) is 0. The summed E-state index contributed by atoms with van der Waals surface area (Å²) < 4.78 is 5.84. The van der Waals surface area contributed by atoms with Gasteiger partial charge >= 0.3 is 0 Å². The Morgan fingerprint density at radius 2 is 1.73 bits per heavy atom. The average Bonchev–Trinajstić information content (AvgIpc) is 2.53. The summed E-state index contributed by atoms with van der Waals surface area (Å²) in [5.41, 5.74) is 6.00. The van der Waals surface area contributed by atoms with E-state index >= 15 is 0 Å². The van der Waals surface area contributed by atoms with Gasteiger partial charge in [-0.25, -0.2) is 0 Å². The number of ether oxygens (including phenoxy) is 1. The number of rotatable bonds is 7. The van der Waals surface area contributed by atoms with E-state index in [1.807, 2.05) is 0 Å². The Balaban J connectivity index is 0.00000242. The van der Waals surface area contributed by atoms with Crippen molar-refractivity contribution in [1.82, 2.24) is 5.32 Å². The molecule has 1 amide bonds. The van der Waals surface area contributed by atoms with Gasteiger partial charge in [0.2, 0.25) is 5.91 Å². The Morgan fingerprint density at radius 1 is 1.09 bits per heavy atom. The molecule has 0 atom stereocenters. The van der Waals surface area contributed by atoms with Gasteiger partial charge in [-0.3, -0.25) is 4.79 Å². The highest BCUT2D eigenvalue weighted by molar-refractivity contribution is 5.85. The van der Waals surface area contributed by atoms with Gasteiger partial charge < -0.3 is 15.8 Å². The van der Waals surface area contributed by atoms with E-state index in [-0.39, 0.29) is 23.7 Å².